The third-order valence-electron chi connectivity index (χ3n) is 3.47. The summed E-state index contributed by atoms with van der Waals surface area (Å²) in [7, 11) is 0. The number of carbonyl (C=O) groups is 1. The van der Waals surface area contributed by atoms with Crippen molar-refractivity contribution in [2.45, 2.75) is 25.9 Å². The lowest BCUT2D eigenvalue weighted by atomic mass is 10.1. The van der Waals surface area contributed by atoms with Gasteiger partial charge in [-0.2, -0.15) is 0 Å². The van der Waals surface area contributed by atoms with Crippen LogP contribution in [0.3, 0.4) is 0 Å². The highest BCUT2D eigenvalue weighted by atomic mass is 16.4. The molecule has 0 radical (unpaired) electrons. The largest absolute Gasteiger partial charge is 0.475 e. The van der Waals surface area contributed by atoms with Gasteiger partial charge in [0.05, 0.1) is 0 Å². The van der Waals surface area contributed by atoms with Crippen molar-refractivity contribution in [3.8, 4) is 0 Å². The number of fused-ring (bicyclic) bond motifs is 1. The van der Waals surface area contributed by atoms with E-state index in [0.29, 0.717) is 11.6 Å². The normalized spacial score (nSPS) is 22.3. The maximum Gasteiger partial charge on any atom is 0.371 e. The van der Waals surface area contributed by atoms with Crippen LogP contribution in [0.4, 0.5) is 0 Å². The Labute approximate surface area is 105 Å². The summed E-state index contributed by atoms with van der Waals surface area (Å²) in [5.74, 6) is -0.259. The molecule has 18 heavy (non-hydrogen) atoms. The second-order valence-corrected chi connectivity index (χ2v) is 4.99. The van der Waals surface area contributed by atoms with Crippen LogP contribution in [0.2, 0.25) is 0 Å². The Hall–Kier alpha value is -1.81. The van der Waals surface area contributed by atoms with Gasteiger partial charge in [-0.25, -0.2) is 4.79 Å². The molecule has 0 aliphatic heterocycles. The van der Waals surface area contributed by atoms with E-state index in [9.17, 15) is 4.79 Å². The number of carboxylic acids is 1. The fraction of sp³-hybridized carbons (Fsp3) is 0.357. The van der Waals surface area contributed by atoms with Crippen LogP contribution < -0.4 is 5.32 Å². The number of rotatable bonds is 4. The lowest BCUT2D eigenvalue weighted by molar-refractivity contribution is 0.0665. The van der Waals surface area contributed by atoms with Gasteiger partial charge in [0.25, 0.3) is 0 Å². The van der Waals surface area contributed by atoms with Crippen molar-refractivity contribution >= 4 is 16.9 Å². The Morgan fingerprint density at radius 3 is 2.94 bits per heavy atom. The summed E-state index contributed by atoms with van der Waals surface area (Å²) in [5, 5.41) is 13.2. The zero-order valence-electron chi connectivity index (χ0n) is 10.1. The first-order chi connectivity index (χ1) is 8.63. The number of furan rings is 1. The van der Waals surface area contributed by atoms with Gasteiger partial charge in [0.15, 0.2) is 0 Å². The molecule has 0 saturated heterocycles. The smallest absolute Gasteiger partial charge is 0.371 e. The molecule has 3 rings (SSSR count). The van der Waals surface area contributed by atoms with Crippen molar-refractivity contribution in [3.05, 3.63) is 35.6 Å². The second-order valence-electron chi connectivity index (χ2n) is 4.99. The van der Waals surface area contributed by atoms with Gasteiger partial charge in [-0.3, -0.25) is 0 Å². The average Bonchev–Trinajstić information content (AvgIpc) is 2.89. The van der Waals surface area contributed by atoms with Crippen molar-refractivity contribution in [1.82, 2.24) is 5.32 Å². The lowest BCUT2D eigenvalue weighted by Crippen LogP contribution is -2.16. The number of benzene rings is 1. The topological polar surface area (TPSA) is 62.5 Å². The summed E-state index contributed by atoms with van der Waals surface area (Å²) in [4.78, 5) is 10.8. The van der Waals surface area contributed by atoms with Gasteiger partial charge in [0, 0.05) is 18.0 Å². The zero-order valence-corrected chi connectivity index (χ0v) is 10.1. The third kappa shape index (κ3) is 2.11. The summed E-state index contributed by atoms with van der Waals surface area (Å²) in [6, 6.07) is 7.98. The van der Waals surface area contributed by atoms with E-state index in [0.717, 1.165) is 23.4 Å². The molecule has 0 bridgehead atoms. The van der Waals surface area contributed by atoms with Gasteiger partial charge < -0.3 is 14.8 Å². The number of hydrogen-bond donors (Lipinski definition) is 2. The van der Waals surface area contributed by atoms with E-state index in [1.165, 1.54) is 6.42 Å². The first kappa shape index (κ1) is 11.3. The fourth-order valence-corrected chi connectivity index (χ4v) is 2.16. The second kappa shape index (κ2) is 4.14. The minimum absolute atomic E-state index is 0.00840. The van der Waals surface area contributed by atoms with Crippen molar-refractivity contribution in [2.24, 2.45) is 5.92 Å². The SMILES string of the molecule is CC1CC1NCc1ccc2oc(C(=O)O)cc2c1. The summed E-state index contributed by atoms with van der Waals surface area (Å²) in [6.07, 6.45) is 1.25. The fourth-order valence-electron chi connectivity index (χ4n) is 2.16. The number of nitrogens with one attached hydrogen (secondary N) is 1. The van der Waals surface area contributed by atoms with E-state index in [2.05, 4.69) is 12.2 Å². The van der Waals surface area contributed by atoms with E-state index in [-0.39, 0.29) is 5.76 Å². The molecule has 94 valence electrons. The Morgan fingerprint density at radius 2 is 2.28 bits per heavy atom. The predicted octanol–water partition coefficient (Wildman–Crippen LogP) is 2.63. The zero-order chi connectivity index (χ0) is 12.7. The van der Waals surface area contributed by atoms with Gasteiger partial charge in [-0.1, -0.05) is 13.0 Å². The minimum Gasteiger partial charge on any atom is -0.475 e. The lowest BCUT2D eigenvalue weighted by Gasteiger charge is -2.03. The minimum atomic E-state index is -1.03. The molecule has 1 saturated carbocycles. The van der Waals surface area contributed by atoms with E-state index in [1.807, 2.05) is 18.2 Å². The van der Waals surface area contributed by atoms with Gasteiger partial charge in [-0.15, -0.1) is 0 Å². The monoisotopic (exact) mass is 245 g/mol. The van der Waals surface area contributed by atoms with E-state index in [4.69, 9.17) is 9.52 Å². The molecule has 1 fully saturated rings. The van der Waals surface area contributed by atoms with E-state index < -0.39 is 5.97 Å². The number of carboxylic acid groups (broad SMARTS) is 1. The summed E-state index contributed by atoms with van der Waals surface area (Å²) >= 11 is 0. The molecule has 1 aliphatic carbocycles. The van der Waals surface area contributed by atoms with Crippen LogP contribution in [-0.2, 0) is 6.54 Å². The standard InChI is InChI=1S/C14H15NO3/c1-8-4-11(8)15-7-9-2-3-12-10(5-9)6-13(18-12)14(16)17/h2-3,5-6,8,11,15H,4,7H2,1H3,(H,16,17). The van der Waals surface area contributed by atoms with Gasteiger partial charge >= 0.3 is 5.97 Å². The first-order valence-corrected chi connectivity index (χ1v) is 6.12. The van der Waals surface area contributed by atoms with Crippen molar-refractivity contribution in [1.29, 1.82) is 0 Å². The summed E-state index contributed by atoms with van der Waals surface area (Å²) in [6.45, 7) is 3.05. The maximum atomic E-state index is 10.8. The van der Waals surface area contributed by atoms with Crippen LogP contribution in [0.15, 0.2) is 28.7 Å². The van der Waals surface area contributed by atoms with Crippen LogP contribution in [0.1, 0.15) is 29.5 Å². The van der Waals surface area contributed by atoms with Crippen LogP contribution in [-0.4, -0.2) is 17.1 Å². The third-order valence-corrected chi connectivity index (χ3v) is 3.47. The molecule has 0 spiro atoms. The molecule has 4 nitrogen and oxygen atoms in total. The average molecular weight is 245 g/mol. The van der Waals surface area contributed by atoms with Crippen LogP contribution in [0.25, 0.3) is 11.0 Å². The van der Waals surface area contributed by atoms with Crippen molar-refractivity contribution < 1.29 is 14.3 Å². The highest BCUT2D eigenvalue weighted by Gasteiger charge is 2.31. The van der Waals surface area contributed by atoms with Gasteiger partial charge in [0.1, 0.15) is 5.58 Å². The Bertz CT molecular complexity index is 602. The molecule has 2 atom stereocenters. The van der Waals surface area contributed by atoms with E-state index in [1.54, 1.807) is 6.07 Å². The van der Waals surface area contributed by atoms with Crippen molar-refractivity contribution in [2.75, 3.05) is 0 Å². The van der Waals surface area contributed by atoms with Gasteiger partial charge in [0.2, 0.25) is 5.76 Å². The summed E-state index contributed by atoms with van der Waals surface area (Å²) in [5.41, 5.74) is 1.77. The number of hydrogen-bond acceptors (Lipinski definition) is 3. The maximum absolute atomic E-state index is 10.8. The Kier molecular flexibility index (Phi) is 2.59. The highest BCUT2D eigenvalue weighted by Crippen LogP contribution is 2.29. The molecule has 2 unspecified atom stereocenters. The molecule has 1 aliphatic rings. The van der Waals surface area contributed by atoms with Crippen LogP contribution in [0, 0.1) is 5.92 Å². The molecule has 1 aromatic heterocycles. The van der Waals surface area contributed by atoms with Crippen LogP contribution >= 0.6 is 0 Å². The molecular weight excluding hydrogens is 230 g/mol. The molecule has 4 heteroatoms. The Balaban J connectivity index is 1.79. The number of aromatic carboxylic acids is 1. The highest BCUT2D eigenvalue weighted by molar-refractivity contribution is 5.91. The Morgan fingerprint density at radius 1 is 1.50 bits per heavy atom. The molecular formula is C14H15NO3. The molecule has 0 amide bonds. The quantitative estimate of drug-likeness (QED) is 0.869. The first-order valence-electron chi connectivity index (χ1n) is 6.12. The predicted molar refractivity (Wildman–Crippen MR) is 67.6 cm³/mol. The van der Waals surface area contributed by atoms with Crippen molar-refractivity contribution in [3.63, 3.8) is 0 Å². The molecule has 2 N–H and O–H groups in total. The van der Waals surface area contributed by atoms with E-state index >= 15 is 0 Å². The van der Waals surface area contributed by atoms with Gasteiger partial charge in [-0.05, 0) is 36.1 Å². The van der Waals surface area contributed by atoms with Crippen LogP contribution in [0.5, 0.6) is 0 Å². The summed E-state index contributed by atoms with van der Waals surface area (Å²) < 4.78 is 5.22. The molecule has 2 aromatic rings. The molecule has 1 heterocycles. The molecule has 1 aromatic carbocycles.